The molecule has 3 N–H and O–H groups in total. The summed E-state index contributed by atoms with van der Waals surface area (Å²) >= 11 is 0. The van der Waals surface area contributed by atoms with Crippen LogP contribution in [-0.2, 0) is 4.79 Å². The van der Waals surface area contributed by atoms with E-state index in [4.69, 9.17) is 14.9 Å². The van der Waals surface area contributed by atoms with Crippen molar-refractivity contribution >= 4 is 11.9 Å². The van der Waals surface area contributed by atoms with Gasteiger partial charge in [0.25, 0.3) is 5.91 Å². The summed E-state index contributed by atoms with van der Waals surface area (Å²) in [4.78, 5) is 23.2. The molecule has 0 saturated heterocycles. The third-order valence-corrected chi connectivity index (χ3v) is 3.94. The molecule has 25 heavy (non-hydrogen) atoms. The third-order valence-electron chi connectivity index (χ3n) is 3.94. The predicted molar refractivity (Wildman–Crippen MR) is 93.9 cm³/mol. The minimum absolute atomic E-state index is 0.326. The number of benzene rings is 2. The first-order valence-electron chi connectivity index (χ1n) is 7.77. The summed E-state index contributed by atoms with van der Waals surface area (Å²) in [5, 5.41) is 20.3. The molecule has 0 saturated carbocycles. The number of nitrogens with one attached hydrogen (secondary N) is 1. The van der Waals surface area contributed by atoms with Crippen LogP contribution in [-0.4, -0.2) is 41.8 Å². The molecule has 0 spiro atoms. The lowest BCUT2D eigenvalue weighted by atomic mass is 9.94. The number of rotatable bonds is 6. The summed E-state index contributed by atoms with van der Waals surface area (Å²) in [6, 6.07) is 9.43. The van der Waals surface area contributed by atoms with Gasteiger partial charge in [-0.15, -0.1) is 0 Å². The molecular formula is C19H21NO5. The molecule has 1 unspecified atom stereocenters. The Hall–Kier alpha value is -2.86. The zero-order valence-electron chi connectivity index (χ0n) is 14.4. The maximum absolute atomic E-state index is 12.3. The van der Waals surface area contributed by atoms with Gasteiger partial charge in [0.05, 0.1) is 13.7 Å². The molecule has 0 aliphatic carbocycles. The van der Waals surface area contributed by atoms with Gasteiger partial charge < -0.3 is 20.3 Å². The second-order valence-corrected chi connectivity index (χ2v) is 5.76. The predicted octanol–water partition coefficient (Wildman–Crippen LogP) is 2.15. The van der Waals surface area contributed by atoms with Crippen LogP contribution in [0.15, 0.2) is 36.4 Å². The van der Waals surface area contributed by atoms with Crippen LogP contribution in [0.25, 0.3) is 11.1 Å². The molecule has 2 aromatic rings. The Morgan fingerprint density at radius 1 is 1.16 bits per heavy atom. The second kappa shape index (κ2) is 7.81. The van der Waals surface area contributed by atoms with E-state index in [0.717, 1.165) is 28.0 Å². The van der Waals surface area contributed by atoms with Crippen LogP contribution in [0, 0.1) is 13.8 Å². The number of aryl methyl sites for hydroxylation is 2. The Labute approximate surface area is 146 Å². The Kier molecular flexibility index (Phi) is 5.77. The molecule has 0 aliphatic rings. The van der Waals surface area contributed by atoms with Crippen LogP contribution in [0.3, 0.4) is 0 Å². The summed E-state index contributed by atoms with van der Waals surface area (Å²) in [6.45, 7) is 3.26. The third kappa shape index (κ3) is 4.16. The number of aliphatic hydroxyl groups is 1. The van der Waals surface area contributed by atoms with E-state index in [1.165, 1.54) is 0 Å². The molecule has 0 heterocycles. The number of carboxylic acids is 1. The van der Waals surface area contributed by atoms with Gasteiger partial charge in [-0.25, -0.2) is 4.79 Å². The number of aliphatic carboxylic acids is 1. The number of ether oxygens (including phenoxy) is 1. The highest BCUT2D eigenvalue weighted by Gasteiger charge is 2.20. The highest BCUT2D eigenvalue weighted by molar-refractivity contribution is 5.97. The van der Waals surface area contributed by atoms with E-state index in [1.807, 2.05) is 32.0 Å². The van der Waals surface area contributed by atoms with Crippen LogP contribution >= 0.6 is 0 Å². The van der Waals surface area contributed by atoms with Crippen molar-refractivity contribution in [3.05, 3.63) is 53.1 Å². The molecule has 1 amide bonds. The van der Waals surface area contributed by atoms with Crippen molar-refractivity contribution in [3.63, 3.8) is 0 Å². The highest BCUT2D eigenvalue weighted by atomic mass is 16.5. The van der Waals surface area contributed by atoms with Crippen molar-refractivity contribution in [1.82, 2.24) is 5.32 Å². The minimum Gasteiger partial charge on any atom is -0.497 e. The molecule has 0 fully saturated rings. The first-order chi connectivity index (χ1) is 11.9. The molecule has 0 aromatic heterocycles. The number of hydrogen-bond donors (Lipinski definition) is 3. The van der Waals surface area contributed by atoms with Crippen LogP contribution in [0.5, 0.6) is 5.75 Å². The van der Waals surface area contributed by atoms with Crippen molar-refractivity contribution in [2.75, 3.05) is 13.7 Å². The quantitative estimate of drug-likeness (QED) is 0.747. The number of hydrogen-bond acceptors (Lipinski definition) is 4. The summed E-state index contributed by atoms with van der Waals surface area (Å²) in [5.74, 6) is -1.07. The molecule has 1 atom stereocenters. The van der Waals surface area contributed by atoms with Gasteiger partial charge in [-0.1, -0.05) is 12.1 Å². The van der Waals surface area contributed by atoms with Crippen molar-refractivity contribution < 1.29 is 24.5 Å². The van der Waals surface area contributed by atoms with E-state index in [2.05, 4.69) is 5.32 Å². The Morgan fingerprint density at radius 3 is 2.32 bits per heavy atom. The van der Waals surface area contributed by atoms with Crippen molar-refractivity contribution in [1.29, 1.82) is 0 Å². The molecule has 0 aliphatic heterocycles. The minimum atomic E-state index is -1.33. The number of carbonyl (C=O) groups is 2. The number of aliphatic hydroxyl groups excluding tert-OH is 1. The van der Waals surface area contributed by atoms with Gasteiger partial charge in [-0.05, 0) is 60.4 Å². The largest absolute Gasteiger partial charge is 0.497 e. The molecule has 6 nitrogen and oxygen atoms in total. The van der Waals surface area contributed by atoms with Crippen LogP contribution < -0.4 is 10.1 Å². The second-order valence-electron chi connectivity index (χ2n) is 5.76. The van der Waals surface area contributed by atoms with Gasteiger partial charge >= 0.3 is 5.97 Å². The zero-order chi connectivity index (χ0) is 18.6. The van der Waals surface area contributed by atoms with E-state index in [-0.39, 0.29) is 0 Å². The van der Waals surface area contributed by atoms with Gasteiger partial charge in [0.15, 0.2) is 6.04 Å². The van der Waals surface area contributed by atoms with E-state index < -0.39 is 24.5 Å². The summed E-state index contributed by atoms with van der Waals surface area (Å²) < 4.78 is 5.26. The number of amides is 1. The topological polar surface area (TPSA) is 95.9 Å². The monoisotopic (exact) mass is 343 g/mol. The van der Waals surface area contributed by atoms with E-state index >= 15 is 0 Å². The standard InChI is InChI=1S/C19H21NO5/c1-11-7-15(25-3)8-12(2)17(11)13-5-4-6-14(9-13)18(22)20-16(10-21)19(23)24/h4-9,16,21H,10H2,1-3H3,(H,20,22)(H,23,24). The summed E-state index contributed by atoms with van der Waals surface area (Å²) in [7, 11) is 1.61. The van der Waals surface area contributed by atoms with Crippen LogP contribution in [0.1, 0.15) is 21.5 Å². The molecule has 2 rings (SSSR count). The first-order valence-corrected chi connectivity index (χ1v) is 7.77. The molecule has 0 bridgehead atoms. The number of carbonyl (C=O) groups excluding carboxylic acids is 1. The molecule has 132 valence electrons. The van der Waals surface area contributed by atoms with Crippen molar-refractivity contribution in [2.24, 2.45) is 0 Å². The SMILES string of the molecule is COc1cc(C)c(-c2cccc(C(=O)NC(CO)C(=O)O)c2)c(C)c1. The maximum Gasteiger partial charge on any atom is 0.328 e. The van der Waals surface area contributed by atoms with Crippen LogP contribution in [0.2, 0.25) is 0 Å². The molecule has 2 aromatic carbocycles. The first kappa shape index (κ1) is 18.5. The highest BCUT2D eigenvalue weighted by Crippen LogP contribution is 2.31. The molecule has 6 heteroatoms. The Bertz CT molecular complexity index is 777. The number of methoxy groups -OCH3 is 1. The molecule has 0 radical (unpaired) electrons. The lowest BCUT2D eigenvalue weighted by Gasteiger charge is -2.15. The van der Waals surface area contributed by atoms with Crippen molar-refractivity contribution in [2.45, 2.75) is 19.9 Å². The fourth-order valence-electron chi connectivity index (χ4n) is 2.74. The zero-order valence-corrected chi connectivity index (χ0v) is 14.4. The summed E-state index contributed by atoms with van der Waals surface area (Å²) in [5.41, 5.74) is 4.18. The summed E-state index contributed by atoms with van der Waals surface area (Å²) in [6.07, 6.45) is 0. The van der Waals surface area contributed by atoms with Crippen LogP contribution in [0.4, 0.5) is 0 Å². The van der Waals surface area contributed by atoms with Crippen molar-refractivity contribution in [3.8, 4) is 16.9 Å². The lowest BCUT2D eigenvalue weighted by molar-refractivity contribution is -0.140. The maximum atomic E-state index is 12.3. The van der Waals surface area contributed by atoms with Gasteiger partial charge in [0, 0.05) is 5.56 Å². The van der Waals surface area contributed by atoms with Gasteiger partial charge in [0.2, 0.25) is 0 Å². The average molecular weight is 343 g/mol. The van der Waals surface area contributed by atoms with Gasteiger partial charge in [-0.2, -0.15) is 0 Å². The van der Waals surface area contributed by atoms with Gasteiger partial charge in [0.1, 0.15) is 5.75 Å². The van der Waals surface area contributed by atoms with Gasteiger partial charge in [-0.3, -0.25) is 4.79 Å². The fraction of sp³-hybridized carbons (Fsp3) is 0.263. The van der Waals surface area contributed by atoms with E-state index in [0.29, 0.717) is 5.56 Å². The fourth-order valence-corrected chi connectivity index (χ4v) is 2.74. The van der Waals surface area contributed by atoms with E-state index in [9.17, 15) is 9.59 Å². The smallest absolute Gasteiger partial charge is 0.328 e. The molecular weight excluding hydrogens is 322 g/mol. The Morgan fingerprint density at radius 2 is 1.80 bits per heavy atom. The Balaban J connectivity index is 2.37. The lowest BCUT2D eigenvalue weighted by Crippen LogP contribution is -2.43. The van der Waals surface area contributed by atoms with E-state index in [1.54, 1.807) is 25.3 Å². The normalized spacial score (nSPS) is 11.7. The average Bonchev–Trinajstić information content (AvgIpc) is 2.58. The number of carboxylic acid groups (broad SMARTS) is 1.